The number of aryl methyl sites for hydroxylation is 1. The fourth-order valence-corrected chi connectivity index (χ4v) is 5.51. The molecule has 1 N–H and O–H groups in total. The van der Waals surface area contributed by atoms with Crippen LogP contribution in [0.25, 0.3) is 0 Å². The summed E-state index contributed by atoms with van der Waals surface area (Å²) in [5.41, 5.74) is 0. The molecule has 2 rings (SSSR count). The smallest absolute Gasteiger partial charge is 0.244 e. The lowest BCUT2D eigenvalue weighted by Crippen LogP contribution is -2.48. The molecule has 0 bridgehead atoms. The van der Waals surface area contributed by atoms with Crippen molar-refractivity contribution >= 4 is 21.4 Å². The first-order valence-electron chi connectivity index (χ1n) is 6.95. The van der Waals surface area contributed by atoms with Crippen molar-refractivity contribution in [1.29, 1.82) is 0 Å². The Balaban J connectivity index is 2.18. The second-order valence-corrected chi connectivity index (χ2v) is 8.25. The summed E-state index contributed by atoms with van der Waals surface area (Å²) in [6, 6.07) is 1.82. The fraction of sp³-hybridized carbons (Fsp3) is 0.692. The third-order valence-electron chi connectivity index (χ3n) is 3.67. The van der Waals surface area contributed by atoms with Crippen LogP contribution >= 0.6 is 11.3 Å². The summed E-state index contributed by atoms with van der Waals surface area (Å²) in [5, 5.41) is 3.06. The van der Waals surface area contributed by atoms with Gasteiger partial charge in [0.15, 0.2) is 0 Å². The van der Waals surface area contributed by atoms with Crippen LogP contribution in [-0.2, 0) is 16.6 Å². The molecule has 114 valence electrons. The maximum atomic E-state index is 12.7. The molecule has 0 saturated carbocycles. The zero-order chi connectivity index (χ0) is 14.8. The summed E-state index contributed by atoms with van der Waals surface area (Å²) in [4.78, 5) is 4.71. The molecule has 0 amide bonds. The van der Waals surface area contributed by atoms with Crippen LogP contribution in [0.5, 0.6) is 0 Å². The molecular formula is C13H23N3O2S2. The summed E-state index contributed by atoms with van der Waals surface area (Å²) >= 11 is 1.56. The van der Waals surface area contributed by atoms with E-state index in [-0.39, 0.29) is 0 Å². The molecule has 0 aromatic carbocycles. The molecule has 20 heavy (non-hydrogen) atoms. The van der Waals surface area contributed by atoms with Gasteiger partial charge in [0.05, 0.1) is 4.90 Å². The SMILES string of the molecule is CCN1CCN(S(=O)(=O)c2cc(CNC)sc2C)CC1. The van der Waals surface area contributed by atoms with Gasteiger partial charge in [-0.05, 0) is 26.6 Å². The van der Waals surface area contributed by atoms with Gasteiger partial charge in [0.2, 0.25) is 10.0 Å². The standard InChI is InChI=1S/C13H23N3O2S2/c1-4-15-5-7-16(8-6-15)20(17,18)13-9-12(10-14-3)19-11(13)2/h9,14H,4-8,10H2,1-3H3. The topological polar surface area (TPSA) is 52.7 Å². The maximum Gasteiger partial charge on any atom is 0.244 e. The van der Waals surface area contributed by atoms with Crippen molar-refractivity contribution in [3.05, 3.63) is 15.8 Å². The normalized spacial score (nSPS) is 18.6. The second-order valence-electron chi connectivity index (χ2n) is 5.00. The number of sulfonamides is 1. The first-order chi connectivity index (χ1) is 9.48. The van der Waals surface area contributed by atoms with E-state index in [9.17, 15) is 8.42 Å². The number of piperazine rings is 1. The third-order valence-corrected chi connectivity index (χ3v) is 6.88. The van der Waals surface area contributed by atoms with E-state index in [1.165, 1.54) is 0 Å². The Morgan fingerprint density at radius 3 is 2.50 bits per heavy atom. The fourth-order valence-electron chi connectivity index (χ4n) is 2.47. The number of hydrogen-bond donors (Lipinski definition) is 1. The molecule has 0 aliphatic carbocycles. The predicted molar refractivity (Wildman–Crippen MR) is 82.7 cm³/mol. The van der Waals surface area contributed by atoms with Crippen molar-refractivity contribution < 1.29 is 8.42 Å². The van der Waals surface area contributed by atoms with Gasteiger partial charge < -0.3 is 10.2 Å². The zero-order valence-corrected chi connectivity index (χ0v) is 14.0. The molecule has 1 aliphatic rings. The Morgan fingerprint density at radius 1 is 1.30 bits per heavy atom. The highest BCUT2D eigenvalue weighted by Gasteiger charge is 2.30. The molecule has 5 nitrogen and oxygen atoms in total. The minimum atomic E-state index is -3.33. The quantitative estimate of drug-likeness (QED) is 0.884. The number of likely N-dealkylation sites (N-methyl/N-ethyl adjacent to an activating group) is 1. The van der Waals surface area contributed by atoms with E-state index in [1.54, 1.807) is 15.6 Å². The molecule has 1 saturated heterocycles. The lowest BCUT2D eigenvalue weighted by molar-refractivity contribution is 0.196. The van der Waals surface area contributed by atoms with Gasteiger partial charge in [-0.3, -0.25) is 0 Å². The van der Waals surface area contributed by atoms with Crippen molar-refractivity contribution in [2.75, 3.05) is 39.8 Å². The van der Waals surface area contributed by atoms with Crippen LogP contribution in [0.15, 0.2) is 11.0 Å². The minimum absolute atomic E-state index is 0.484. The number of rotatable bonds is 5. The van der Waals surface area contributed by atoms with Crippen molar-refractivity contribution in [1.82, 2.24) is 14.5 Å². The Hall–Kier alpha value is -0.470. The molecule has 0 atom stereocenters. The average Bonchev–Trinajstić information content (AvgIpc) is 2.81. The van der Waals surface area contributed by atoms with Gasteiger partial charge in [0, 0.05) is 42.5 Å². The first-order valence-corrected chi connectivity index (χ1v) is 9.21. The summed E-state index contributed by atoms with van der Waals surface area (Å²) < 4.78 is 27.1. The van der Waals surface area contributed by atoms with E-state index < -0.39 is 10.0 Å². The summed E-state index contributed by atoms with van der Waals surface area (Å²) in [6.45, 7) is 8.52. The summed E-state index contributed by atoms with van der Waals surface area (Å²) in [6.07, 6.45) is 0. The highest BCUT2D eigenvalue weighted by molar-refractivity contribution is 7.89. The molecule has 1 aliphatic heterocycles. The first kappa shape index (κ1) is 15.9. The third kappa shape index (κ3) is 3.23. The number of nitrogens with zero attached hydrogens (tertiary/aromatic N) is 2. The van der Waals surface area contributed by atoms with E-state index in [4.69, 9.17) is 0 Å². The number of nitrogens with one attached hydrogen (secondary N) is 1. The maximum absolute atomic E-state index is 12.7. The average molecular weight is 317 g/mol. The Labute approximate surface area is 125 Å². The minimum Gasteiger partial charge on any atom is -0.315 e. The van der Waals surface area contributed by atoms with E-state index in [1.807, 2.05) is 20.0 Å². The van der Waals surface area contributed by atoms with Gasteiger partial charge in [-0.15, -0.1) is 11.3 Å². The van der Waals surface area contributed by atoms with Crippen LogP contribution in [0.2, 0.25) is 0 Å². The van der Waals surface area contributed by atoms with Crippen molar-refractivity contribution in [3.8, 4) is 0 Å². The largest absolute Gasteiger partial charge is 0.315 e. The van der Waals surface area contributed by atoms with Crippen molar-refractivity contribution in [2.24, 2.45) is 0 Å². The van der Waals surface area contributed by atoms with Gasteiger partial charge in [-0.1, -0.05) is 6.92 Å². The Bertz CT molecular complexity index is 546. The second kappa shape index (κ2) is 6.53. The van der Waals surface area contributed by atoms with Gasteiger partial charge in [-0.2, -0.15) is 4.31 Å². The lowest BCUT2D eigenvalue weighted by Gasteiger charge is -2.33. The Kier molecular flexibility index (Phi) is 5.19. The highest BCUT2D eigenvalue weighted by Crippen LogP contribution is 2.28. The van der Waals surface area contributed by atoms with Crippen molar-refractivity contribution in [3.63, 3.8) is 0 Å². The predicted octanol–water partition coefficient (Wildman–Crippen LogP) is 1.10. The van der Waals surface area contributed by atoms with Crippen LogP contribution in [0.4, 0.5) is 0 Å². The molecule has 1 aromatic rings. The molecule has 0 unspecified atom stereocenters. The molecule has 0 spiro atoms. The van der Waals surface area contributed by atoms with Gasteiger partial charge >= 0.3 is 0 Å². The molecule has 7 heteroatoms. The van der Waals surface area contributed by atoms with E-state index >= 15 is 0 Å². The molecule has 0 radical (unpaired) electrons. The van der Waals surface area contributed by atoms with Crippen LogP contribution in [0.1, 0.15) is 16.7 Å². The summed E-state index contributed by atoms with van der Waals surface area (Å²) in [7, 11) is -1.46. The van der Waals surface area contributed by atoms with Crippen LogP contribution < -0.4 is 5.32 Å². The van der Waals surface area contributed by atoms with E-state index in [2.05, 4.69) is 17.1 Å². The van der Waals surface area contributed by atoms with Crippen LogP contribution in [0, 0.1) is 6.92 Å². The van der Waals surface area contributed by atoms with E-state index in [0.717, 1.165) is 29.4 Å². The molecular weight excluding hydrogens is 294 g/mol. The summed E-state index contributed by atoms with van der Waals surface area (Å²) in [5.74, 6) is 0. The van der Waals surface area contributed by atoms with Gasteiger partial charge in [0.1, 0.15) is 0 Å². The van der Waals surface area contributed by atoms with Crippen molar-refractivity contribution in [2.45, 2.75) is 25.3 Å². The van der Waals surface area contributed by atoms with Crippen LogP contribution in [-0.4, -0.2) is 57.4 Å². The lowest BCUT2D eigenvalue weighted by atomic mass is 10.4. The zero-order valence-electron chi connectivity index (χ0n) is 12.3. The molecule has 2 heterocycles. The van der Waals surface area contributed by atoms with Gasteiger partial charge in [0.25, 0.3) is 0 Å². The Morgan fingerprint density at radius 2 is 1.95 bits per heavy atom. The highest BCUT2D eigenvalue weighted by atomic mass is 32.2. The number of hydrogen-bond acceptors (Lipinski definition) is 5. The van der Waals surface area contributed by atoms with E-state index in [0.29, 0.717) is 24.5 Å². The van der Waals surface area contributed by atoms with Crippen LogP contribution in [0.3, 0.4) is 0 Å². The monoisotopic (exact) mass is 317 g/mol. The molecule has 1 aromatic heterocycles. The molecule has 1 fully saturated rings. The number of thiophene rings is 1. The van der Waals surface area contributed by atoms with Gasteiger partial charge in [-0.25, -0.2) is 8.42 Å².